The van der Waals surface area contributed by atoms with Crippen LogP contribution in [0.2, 0.25) is 0 Å². The second kappa shape index (κ2) is 15.0. The molecule has 0 aromatic heterocycles. The molecule has 206 valence electrons. The number of fused-ring (bicyclic) bond motifs is 2. The summed E-state index contributed by atoms with van der Waals surface area (Å²) in [4.78, 5) is 12.8. The van der Waals surface area contributed by atoms with E-state index in [-0.39, 0.29) is 17.5 Å². The molecule has 0 aromatic rings. The number of hydrogen-bond donors (Lipinski definition) is 0. The predicted octanol–water partition coefficient (Wildman–Crippen LogP) is 9.08. The molecule has 2 bridgehead atoms. The molecule has 0 unspecified atom stereocenters. The molecule has 2 fully saturated rings. The van der Waals surface area contributed by atoms with E-state index in [1.807, 2.05) is 0 Å². The fourth-order valence-electron chi connectivity index (χ4n) is 7.02. The summed E-state index contributed by atoms with van der Waals surface area (Å²) in [6.07, 6.45) is 26.1. The average Bonchev–Trinajstić information content (AvgIpc) is 3.12. The number of nitrogens with zero attached hydrogens (tertiary/aromatic N) is 1. The van der Waals surface area contributed by atoms with E-state index in [2.05, 4.69) is 41.8 Å². The van der Waals surface area contributed by atoms with Crippen LogP contribution in [-0.2, 0) is 9.53 Å². The van der Waals surface area contributed by atoms with Gasteiger partial charge in [-0.15, -0.1) is 0 Å². The highest BCUT2D eigenvalue weighted by Crippen LogP contribution is 2.66. The number of rotatable bonds is 20. The number of esters is 1. The first kappa shape index (κ1) is 30.7. The van der Waals surface area contributed by atoms with Crippen molar-refractivity contribution in [2.24, 2.45) is 16.7 Å². The van der Waals surface area contributed by atoms with E-state index in [0.29, 0.717) is 12.0 Å². The van der Waals surface area contributed by atoms with Crippen molar-refractivity contribution >= 4 is 5.97 Å². The number of ether oxygens (including phenoxy) is 1. The molecular formula is C32H62NO2+. The van der Waals surface area contributed by atoms with E-state index in [4.69, 9.17) is 4.74 Å². The summed E-state index contributed by atoms with van der Waals surface area (Å²) in [6, 6.07) is 0. The van der Waals surface area contributed by atoms with Crippen molar-refractivity contribution in [3.8, 4) is 0 Å². The highest BCUT2D eigenvalue weighted by Gasteiger charge is 2.62. The van der Waals surface area contributed by atoms with Crippen molar-refractivity contribution in [1.82, 2.24) is 0 Å². The molecule has 0 aromatic carbocycles. The molecule has 2 aliphatic rings. The van der Waals surface area contributed by atoms with Gasteiger partial charge in [0.15, 0.2) is 6.54 Å². The zero-order chi connectivity index (χ0) is 25.8. The second-order valence-electron chi connectivity index (χ2n) is 13.7. The van der Waals surface area contributed by atoms with Crippen LogP contribution in [0.5, 0.6) is 0 Å². The minimum Gasteiger partial charge on any atom is -0.458 e. The van der Waals surface area contributed by atoms with E-state index in [9.17, 15) is 4.79 Å². The summed E-state index contributed by atoms with van der Waals surface area (Å²) in [5.74, 6) is 0.735. The number of likely N-dealkylation sites (N-methyl/N-ethyl adjacent to an activating group) is 1. The van der Waals surface area contributed by atoms with Gasteiger partial charge < -0.3 is 9.22 Å². The summed E-state index contributed by atoms with van der Waals surface area (Å²) in [5, 5.41) is 0. The van der Waals surface area contributed by atoms with Gasteiger partial charge in [0.1, 0.15) is 6.10 Å². The molecule has 0 spiro atoms. The SMILES string of the molecule is CCCCCCCCCCCCCCCCCC[N+](C)(C)CC(=O)O[C@@H]1C[C@H]2CC[C@]1(C)C2(C)C. The van der Waals surface area contributed by atoms with Crippen LogP contribution in [0.1, 0.15) is 150 Å². The Kier molecular flexibility index (Phi) is 13.1. The Morgan fingerprint density at radius 2 is 1.23 bits per heavy atom. The van der Waals surface area contributed by atoms with E-state index in [0.717, 1.165) is 23.4 Å². The van der Waals surface area contributed by atoms with Gasteiger partial charge in [-0.3, -0.25) is 0 Å². The number of quaternary nitrogens is 1. The number of carbonyl (C=O) groups is 1. The lowest BCUT2D eigenvalue weighted by Crippen LogP contribution is -2.47. The molecule has 2 saturated carbocycles. The number of carbonyl (C=O) groups excluding carboxylic acids is 1. The van der Waals surface area contributed by atoms with Gasteiger partial charge in [-0.1, -0.05) is 118 Å². The lowest BCUT2D eigenvalue weighted by molar-refractivity contribution is -0.883. The first-order valence-electron chi connectivity index (χ1n) is 15.6. The van der Waals surface area contributed by atoms with Crippen molar-refractivity contribution in [3.05, 3.63) is 0 Å². The van der Waals surface area contributed by atoms with Gasteiger partial charge >= 0.3 is 5.97 Å². The third-order valence-electron chi connectivity index (χ3n) is 10.2. The van der Waals surface area contributed by atoms with Gasteiger partial charge in [0.25, 0.3) is 0 Å². The Hall–Kier alpha value is -0.570. The maximum atomic E-state index is 12.8. The Labute approximate surface area is 219 Å². The van der Waals surface area contributed by atoms with E-state index in [1.165, 1.54) is 116 Å². The van der Waals surface area contributed by atoms with Gasteiger partial charge in [-0.2, -0.15) is 0 Å². The first-order valence-corrected chi connectivity index (χ1v) is 15.6. The lowest BCUT2D eigenvalue weighted by Gasteiger charge is -2.39. The van der Waals surface area contributed by atoms with Crippen LogP contribution < -0.4 is 0 Å². The summed E-state index contributed by atoms with van der Waals surface area (Å²) in [6.45, 7) is 11.0. The van der Waals surface area contributed by atoms with Crippen molar-refractivity contribution in [2.45, 2.75) is 156 Å². The number of unbranched alkanes of at least 4 members (excludes halogenated alkanes) is 15. The monoisotopic (exact) mass is 492 g/mol. The van der Waals surface area contributed by atoms with Crippen LogP contribution >= 0.6 is 0 Å². The molecule has 0 aliphatic heterocycles. The first-order chi connectivity index (χ1) is 16.6. The molecule has 35 heavy (non-hydrogen) atoms. The molecule has 2 aliphatic carbocycles. The van der Waals surface area contributed by atoms with Crippen molar-refractivity contribution < 1.29 is 14.0 Å². The van der Waals surface area contributed by atoms with Gasteiger partial charge in [0.05, 0.1) is 20.6 Å². The van der Waals surface area contributed by atoms with Crippen molar-refractivity contribution in [3.63, 3.8) is 0 Å². The van der Waals surface area contributed by atoms with Crippen LogP contribution in [0.3, 0.4) is 0 Å². The Balaban J connectivity index is 1.43. The fraction of sp³-hybridized carbons (Fsp3) is 0.969. The van der Waals surface area contributed by atoms with E-state index in [1.54, 1.807) is 0 Å². The zero-order valence-electron chi connectivity index (χ0n) is 24.8. The highest BCUT2D eigenvalue weighted by molar-refractivity contribution is 5.71. The van der Waals surface area contributed by atoms with E-state index >= 15 is 0 Å². The van der Waals surface area contributed by atoms with E-state index < -0.39 is 0 Å². The molecule has 0 heterocycles. The minimum absolute atomic E-state index is 0.0149. The lowest BCUT2D eigenvalue weighted by atomic mass is 9.70. The van der Waals surface area contributed by atoms with Gasteiger partial charge in [0.2, 0.25) is 0 Å². The van der Waals surface area contributed by atoms with Crippen molar-refractivity contribution in [1.29, 1.82) is 0 Å². The van der Waals surface area contributed by atoms with Crippen LogP contribution in [0.25, 0.3) is 0 Å². The minimum atomic E-state index is 0.0149. The molecule has 0 amide bonds. The third-order valence-corrected chi connectivity index (χ3v) is 10.2. The second-order valence-corrected chi connectivity index (χ2v) is 13.7. The third kappa shape index (κ3) is 9.67. The normalized spacial score (nSPS) is 25.3. The smallest absolute Gasteiger partial charge is 0.362 e. The Bertz CT molecular complexity index is 598. The molecule has 3 nitrogen and oxygen atoms in total. The standard InChI is InChI=1S/C32H62NO2/c1-7-8-9-10-11-12-13-14-15-16-17-18-19-20-21-22-25-33(5,6)27-30(34)35-29-26-28-23-24-32(29,4)31(28,2)3/h28-29H,7-27H2,1-6H3/q+1/t28-,29-,32+/m1/s1. The molecule has 2 rings (SSSR count). The van der Waals surface area contributed by atoms with Gasteiger partial charge in [-0.25, -0.2) is 4.79 Å². The topological polar surface area (TPSA) is 26.3 Å². The predicted molar refractivity (Wildman–Crippen MR) is 150 cm³/mol. The van der Waals surface area contributed by atoms with Crippen LogP contribution in [0.15, 0.2) is 0 Å². The highest BCUT2D eigenvalue weighted by atomic mass is 16.5. The maximum absolute atomic E-state index is 12.8. The van der Waals surface area contributed by atoms with Gasteiger partial charge in [0, 0.05) is 5.41 Å². The largest absolute Gasteiger partial charge is 0.458 e. The summed E-state index contributed by atoms with van der Waals surface area (Å²) in [7, 11) is 4.39. The molecule has 3 heteroatoms. The Morgan fingerprint density at radius 3 is 1.63 bits per heavy atom. The Morgan fingerprint density at radius 1 is 0.771 bits per heavy atom. The summed E-state index contributed by atoms with van der Waals surface area (Å²) in [5.41, 5.74) is 0.466. The molecule has 0 radical (unpaired) electrons. The molecule has 0 saturated heterocycles. The summed E-state index contributed by atoms with van der Waals surface area (Å²) >= 11 is 0. The van der Waals surface area contributed by atoms with Gasteiger partial charge in [-0.05, 0) is 43.4 Å². The van der Waals surface area contributed by atoms with Crippen LogP contribution in [0, 0.1) is 16.7 Å². The fourth-order valence-corrected chi connectivity index (χ4v) is 7.02. The van der Waals surface area contributed by atoms with Crippen LogP contribution in [-0.4, -0.2) is 43.7 Å². The van der Waals surface area contributed by atoms with Crippen LogP contribution in [0.4, 0.5) is 0 Å². The average molecular weight is 493 g/mol. The number of hydrogen-bond acceptors (Lipinski definition) is 2. The summed E-state index contributed by atoms with van der Waals surface area (Å²) < 4.78 is 6.86. The molecule has 3 atom stereocenters. The molecule has 0 N–H and O–H groups in total. The zero-order valence-corrected chi connectivity index (χ0v) is 24.8. The van der Waals surface area contributed by atoms with Crippen molar-refractivity contribution in [2.75, 3.05) is 27.2 Å². The quantitative estimate of drug-likeness (QED) is 0.0962. The molecular weight excluding hydrogens is 430 g/mol. The maximum Gasteiger partial charge on any atom is 0.362 e.